The molecule has 4 heteroatoms. The molecule has 0 bridgehead atoms. The molecule has 1 aliphatic rings. The van der Waals surface area contributed by atoms with Gasteiger partial charge < -0.3 is 5.73 Å². The molecule has 14 heavy (non-hydrogen) atoms. The van der Waals surface area contributed by atoms with Crippen molar-refractivity contribution in [2.45, 2.75) is 37.4 Å². The average Bonchev–Trinajstić information content (AvgIpc) is 2.60. The summed E-state index contributed by atoms with van der Waals surface area (Å²) in [6, 6.07) is 3.76. The summed E-state index contributed by atoms with van der Waals surface area (Å²) in [5.74, 6) is 0. The molecule has 78 valence electrons. The number of hydrogen-bond acceptors (Lipinski definition) is 2. The Morgan fingerprint density at radius 3 is 2.93 bits per heavy atom. The third kappa shape index (κ3) is 2.27. The smallest absolute Gasteiger partial charge is 0.117 e. The van der Waals surface area contributed by atoms with E-state index in [9.17, 15) is 4.39 Å². The molecule has 1 aliphatic carbocycles. The van der Waals surface area contributed by atoms with E-state index in [1.165, 1.54) is 11.3 Å². The maximum Gasteiger partial charge on any atom is 0.117 e. The summed E-state index contributed by atoms with van der Waals surface area (Å²) in [5.41, 5.74) is 4.62. The molecular formula is C10H13ClFNS. The first kappa shape index (κ1) is 10.4. The first-order valence-electron chi connectivity index (χ1n) is 4.76. The minimum Gasteiger partial charge on any atom is -0.328 e. The van der Waals surface area contributed by atoms with Crippen molar-refractivity contribution in [1.82, 2.24) is 0 Å². The highest BCUT2D eigenvalue weighted by Crippen LogP contribution is 2.37. The van der Waals surface area contributed by atoms with E-state index in [2.05, 4.69) is 0 Å². The van der Waals surface area contributed by atoms with Gasteiger partial charge in [0.2, 0.25) is 0 Å². The summed E-state index contributed by atoms with van der Waals surface area (Å²) >= 11 is 7.25. The zero-order valence-corrected chi connectivity index (χ0v) is 9.37. The number of nitrogens with two attached hydrogens (primary N) is 1. The topological polar surface area (TPSA) is 26.0 Å². The molecule has 2 N–H and O–H groups in total. The molecule has 1 aromatic rings. The normalized spacial score (nSPS) is 32.4. The standard InChI is InChI=1S/C10H13ClFNS/c11-9-2-1-8(14-9)6-10(12)4-3-7(13)5-10/h1-2,7H,3-6,13H2. The Kier molecular flexibility index (Phi) is 2.82. The van der Waals surface area contributed by atoms with Crippen molar-refractivity contribution in [2.24, 2.45) is 5.73 Å². The van der Waals surface area contributed by atoms with Crippen LogP contribution in [0, 0.1) is 0 Å². The van der Waals surface area contributed by atoms with Gasteiger partial charge in [0.25, 0.3) is 0 Å². The van der Waals surface area contributed by atoms with E-state index < -0.39 is 5.67 Å². The Morgan fingerprint density at radius 2 is 2.43 bits per heavy atom. The van der Waals surface area contributed by atoms with Crippen molar-refractivity contribution in [2.75, 3.05) is 0 Å². The molecule has 0 aromatic carbocycles. The van der Waals surface area contributed by atoms with E-state index in [-0.39, 0.29) is 6.04 Å². The zero-order chi connectivity index (χ0) is 10.2. The van der Waals surface area contributed by atoms with Crippen molar-refractivity contribution in [1.29, 1.82) is 0 Å². The minimum atomic E-state index is -1.09. The van der Waals surface area contributed by atoms with Crippen LogP contribution in [0.15, 0.2) is 12.1 Å². The van der Waals surface area contributed by atoms with Crippen molar-refractivity contribution in [3.05, 3.63) is 21.3 Å². The van der Waals surface area contributed by atoms with E-state index >= 15 is 0 Å². The summed E-state index contributed by atoms with van der Waals surface area (Å²) in [6.45, 7) is 0. The quantitative estimate of drug-likeness (QED) is 0.835. The summed E-state index contributed by atoms with van der Waals surface area (Å²) in [4.78, 5) is 1.02. The van der Waals surface area contributed by atoms with E-state index in [1.54, 1.807) is 0 Å². The largest absolute Gasteiger partial charge is 0.328 e. The Bertz CT molecular complexity index is 328. The second kappa shape index (κ2) is 3.80. The summed E-state index contributed by atoms with van der Waals surface area (Å²) in [7, 11) is 0. The molecule has 0 spiro atoms. The zero-order valence-electron chi connectivity index (χ0n) is 7.80. The lowest BCUT2D eigenvalue weighted by Gasteiger charge is -2.17. The number of thiophene rings is 1. The van der Waals surface area contributed by atoms with E-state index in [0.29, 0.717) is 19.3 Å². The van der Waals surface area contributed by atoms with Crippen LogP contribution in [-0.2, 0) is 6.42 Å². The molecule has 2 atom stereocenters. The number of halogens is 2. The number of alkyl halides is 1. The van der Waals surface area contributed by atoms with Gasteiger partial charge in [0, 0.05) is 17.3 Å². The van der Waals surface area contributed by atoms with E-state index in [0.717, 1.165) is 15.6 Å². The highest BCUT2D eigenvalue weighted by atomic mass is 35.5. The lowest BCUT2D eigenvalue weighted by atomic mass is 9.99. The lowest BCUT2D eigenvalue weighted by molar-refractivity contribution is 0.172. The van der Waals surface area contributed by atoms with Gasteiger partial charge in [0.1, 0.15) is 5.67 Å². The van der Waals surface area contributed by atoms with Gasteiger partial charge in [-0.15, -0.1) is 11.3 Å². The number of hydrogen-bond donors (Lipinski definition) is 1. The fraction of sp³-hybridized carbons (Fsp3) is 0.600. The van der Waals surface area contributed by atoms with Crippen LogP contribution in [-0.4, -0.2) is 11.7 Å². The summed E-state index contributed by atoms with van der Waals surface area (Å²) in [6.07, 6.45) is 2.35. The van der Waals surface area contributed by atoms with Crippen LogP contribution in [0.3, 0.4) is 0 Å². The highest BCUT2D eigenvalue weighted by molar-refractivity contribution is 7.16. The summed E-state index contributed by atoms with van der Waals surface area (Å²) < 4.78 is 14.9. The molecule has 2 rings (SSSR count). The Morgan fingerprint density at radius 1 is 1.64 bits per heavy atom. The third-order valence-corrected chi connectivity index (χ3v) is 3.94. The molecule has 0 saturated heterocycles. The van der Waals surface area contributed by atoms with Crippen LogP contribution in [0.25, 0.3) is 0 Å². The SMILES string of the molecule is NC1CCC(F)(Cc2ccc(Cl)s2)C1. The number of rotatable bonds is 2. The van der Waals surface area contributed by atoms with Crippen molar-refractivity contribution >= 4 is 22.9 Å². The monoisotopic (exact) mass is 233 g/mol. The van der Waals surface area contributed by atoms with Crippen LogP contribution in [0.4, 0.5) is 4.39 Å². The first-order chi connectivity index (χ1) is 6.57. The Balaban J connectivity index is 2.03. The van der Waals surface area contributed by atoms with Gasteiger partial charge >= 0.3 is 0 Å². The van der Waals surface area contributed by atoms with Crippen molar-refractivity contribution in [3.63, 3.8) is 0 Å². The average molecular weight is 234 g/mol. The molecule has 0 aliphatic heterocycles. The second-order valence-electron chi connectivity index (χ2n) is 4.04. The predicted molar refractivity (Wildman–Crippen MR) is 58.7 cm³/mol. The fourth-order valence-electron chi connectivity index (χ4n) is 2.04. The Hall–Kier alpha value is -0.120. The van der Waals surface area contributed by atoms with Gasteiger partial charge in [-0.1, -0.05) is 11.6 Å². The van der Waals surface area contributed by atoms with E-state index in [4.69, 9.17) is 17.3 Å². The van der Waals surface area contributed by atoms with Gasteiger partial charge in [0.05, 0.1) is 4.34 Å². The fourth-order valence-corrected chi connectivity index (χ4v) is 3.25. The van der Waals surface area contributed by atoms with Crippen LogP contribution >= 0.6 is 22.9 Å². The van der Waals surface area contributed by atoms with Crippen LogP contribution < -0.4 is 5.73 Å². The van der Waals surface area contributed by atoms with Gasteiger partial charge in [-0.25, -0.2) is 4.39 Å². The van der Waals surface area contributed by atoms with Crippen molar-refractivity contribution < 1.29 is 4.39 Å². The maximum atomic E-state index is 14.1. The molecule has 1 nitrogen and oxygen atoms in total. The highest BCUT2D eigenvalue weighted by Gasteiger charge is 2.38. The van der Waals surface area contributed by atoms with Crippen LogP contribution in [0.5, 0.6) is 0 Å². The molecule has 1 saturated carbocycles. The molecular weight excluding hydrogens is 221 g/mol. The van der Waals surface area contributed by atoms with Gasteiger partial charge in [-0.05, 0) is 31.4 Å². The van der Waals surface area contributed by atoms with Crippen molar-refractivity contribution in [3.8, 4) is 0 Å². The first-order valence-corrected chi connectivity index (χ1v) is 5.96. The Labute approximate surface area is 92.1 Å². The van der Waals surface area contributed by atoms with Gasteiger partial charge in [0.15, 0.2) is 0 Å². The molecule has 1 heterocycles. The molecule has 0 amide bonds. The second-order valence-corrected chi connectivity index (χ2v) is 5.84. The van der Waals surface area contributed by atoms with Crippen LogP contribution in [0.1, 0.15) is 24.1 Å². The van der Waals surface area contributed by atoms with Crippen LogP contribution in [0.2, 0.25) is 4.34 Å². The van der Waals surface area contributed by atoms with Gasteiger partial charge in [-0.2, -0.15) is 0 Å². The van der Waals surface area contributed by atoms with E-state index in [1.807, 2.05) is 12.1 Å². The lowest BCUT2D eigenvalue weighted by Crippen LogP contribution is -2.25. The third-order valence-electron chi connectivity index (χ3n) is 2.71. The molecule has 1 aromatic heterocycles. The molecule has 1 fully saturated rings. The summed E-state index contributed by atoms with van der Waals surface area (Å²) in [5, 5.41) is 0. The van der Waals surface area contributed by atoms with Gasteiger partial charge in [-0.3, -0.25) is 0 Å². The molecule has 0 radical (unpaired) electrons. The minimum absolute atomic E-state index is 0.0374. The predicted octanol–water partition coefficient (Wildman–Crippen LogP) is 3.16. The maximum absolute atomic E-state index is 14.1. The molecule has 2 unspecified atom stereocenters.